The summed E-state index contributed by atoms with van der Waals surface area (Å²) in [6, 6.07) is 16.2. The van der Waals surface area contributed by atoms with Crippen molar-refractivity contribution in [3.8, 4) is 28.4 Å². The molecule has 150 valence electrons. The highest BCUT2D eigenvalue weighted by Crippen LogP contribution is 2.51. The van der Waals surface area contributed by atoms with Crippen molar-refractivity contribution in [2.45, 2.75) is 6.92 Å². The zero-order valence-electron chi connectivity index (χ0n) is 16.3. The fraction of sp³-hybridized carbons (Fsp3) is 0.182. The average Bonchev–Trinajstić information content (AvgIpc) is 2.76. The lowest BCUT2D eigenvalue weighted by atomic mass is 9.97. The maximum absolute atomic E-state index is 12.0. The normalized spacial score (nSPS) is 10.3. The van der Waals surface area contributed by atoms with Gasteiger partial charge in [-0.05, 0) is 12.5 Å². The highest BCUT2D eigenvalue weighted by atomic mass is 16.7. The number of carbonyl (C=O) groups is 2. The number of benzene rings is 3. The standard InChI is InChI=1S/C22H20O7/c1-4-27-20-17(14-10-6-5-7-11-14)18(28-21(23)25-2)15-12-8-9-13-16(15)19(20)29-22(24)26-3/h5-13H,4H2,1-3H3. The molecule has 0 saturated heterocycles. The van der Waals surface area contributed by atoms with Crippen LogP contribution < -0.4 is 14.2 Å². The number of fused-ring (bicyclic) bond motifs is 1. The van der Waals surface area contributed by atoms with Gasteiger partial charge >= 0.3 is 12.3 Å². The SMILES string of the molecule is CCOc1c(-c2ccccc2)c(OC(=O)OC)c2ccccc2c1OC(=O)OC. The second-order valence-electron chi connectivity index (χ2n) is 5.82. The first-order valence-electron chi connectivity index (χ1n) is 8.89. The summed E-state index contributed by atoms with van der Waals surface area (Å²) in [6.45, 7) is 2.08. The maximum atomic E-state index is 12.0. The van der Waals surface area contributed by atoms with Gasteiger partial charge in [0.25, 0.3) is 0 Å². The average molecular weight is 396 g/mol. The Balaban J connectivity index is 2.43. The summed E-state index contributed by atoms with van der Waals surface area (Å²) in [4.78, 5) is 23.9. The number of carbonyl (C=O) groups excluding carboxylic acids is 2. The van der Waals surface area contributed by atoms with E-state index in [2.05, 4.69) is 4.74 Å². The first-order chi connectivity index (χ1) is 14.1. The van der Waals surface area contributed by atoms with E-state index in [4.69, 9.17) is 18.9 Å². The van der Waals surface area contributed by atoms with Crippen molar-refractivity contribution < 1.29 is 33.3 Å². The van der Waals surface area contributed by atoms with Crippen LogP contribution in [0.25, 0.3) is 21.9 Å². The monoisotopic (exact) mass is 396 g/mol. The Hall–Kier alpha value is -3.74. The molecule has 7 nitrogen and oxygen atoms in total. The van der Waals surface area contributed by atoms with Gasteiger partial charge in [0.2, 0.25) is 0 Å². The molecule has 0 N–H and O–H groups in total. The fourth-order valence-corrected chi connectivity index (χ4v) is 2.96. The lowest BCUT2D eigenvalue weighted by molar-refractivity contribution is 0.118. The van der Waals surface area contributed by atoms with Crippen LogP contribution in [0, 0.1) is 0 Å². The topological polar surface area (TPSA) is 80.3 Å². The van der Waals surface area contributed by atoms with Gasteiger partial charge < -0.3 is 23.7 Å². The highest BCUT2D eigenvalue weighted by Gasteiger charge is 2.27. The van der Waals surface area contributed by atoms with Crippen LogP contribution in [0.1, 0.15) is 6.92 Å². The van der Waals surface area contributed by atoms with E-state index in [0.29, 0.717) is 21.9 Å². The van der Waals surface area contributed by atoms with Gasteiger partial charge in [-0.25, -0.2) is 9.59 Å². The van der Waals surface area contributed by atoms with Crippen LogP contribution in [0.3, 0.4) is 0 Å². The molecule has 0 heterocycles. The summed E-state index contributed by atoms with van der Waals surface area (Å²) in [7, 11) is 2.45. The van der Waals surface area contributed by atoms with E-state index in [1.54, 1.807) is 31.2 Å². The lowest BCUT2D eigenvalue weighted by Gasteiger charge is -2.20. The Kier molecular flexibility index (Phi) is 6.19. The summed E-state index contributed by atoms with van der Waals surface area (Å²) in [6.07, 6.45) is -1.77. The molecule has 0 saturated carbocycles. The molecular formula is C22H20O7. The van der Waals surface area contributed by atoms with Crippen molar-refractivity contribution in [3.05, 3.63) is 54.6 Å². The summed E-state index contributed by atoms with van der Waals surface area (Å²) in [5.74, 6) is 0.659. The van der Waals surface area contributed by atoms with Gasteiger partial charge in [0.15, 0.2) is 17.2 Å². The van der Waals surface area contributed by atoms with Crippen LogP contribution >= 0.6 is 0 Å². The quantitative estimate of drug-likeness (QED) is 0.433. The van der Waals surface area contributed by atoms with Crippen molar-refractivity contribution in [2.75, 3.05) is 20.8 Å². The minimum absolute atomic E-state index is 0.172. The number of hydrogen-bond acceptors (Lipinski definition) is 7. The Morgan fingerprint density at radius 1 is 0.724 bits per heavy atom. The summed E-state index contributed by atoms with van der Waals surface area (Å²) in [5, 5.41) is 1.05. The summed E-state index contributed by atoms with van der Waals surface area (Å²) < 4.78 is 26.2. The van der Waals surface area contributed by atoms with Crippen LogP contribution in [-0.4, -0.2) is 33.1 Å². The molecule has 3 aromatic carbocycles. The zero-order valence-corrected chi connectivity index (χ0v) is 16.3. The molecule has 0 amide bonds. The molecule has 0 aliphatic heterocycles. The molecule has 29 heavy (non-hydrogen) atoms. The number of rotatable bonds is 5. The van der Waals surface area contributed by atoms with Crippen LogP contribution in [0.2, 0.25) is 0 Å². The number of methoxy groups -OCH3 is 2. The predicted molar refractivity (Wildman–Crippen MR) is 107 cm³/mol. The Morgan fingerprint density at radius 3 is 1.79 bits per heavy atom. The second kappa shape index (κ2) is 8.97. The van der Waals surface area contributed by atoms with E-state index in [9.17, 15) is 9.59 Å². The van der Waals surface area contributed by atoms with Gasteiger partial charge in [0.05, 0.1) is 26.4 Å². The van der Waals surface area contributed by atoms with E-state index in [1.165, 1.54) is 14.2 Å². The van der Waals surface area contributed by atoms with Gasteiger partial charge in [0.1, 0.15) is 0 Å². The van der Waals surface area contributed by atoms with Gasteiger partial charge in [-0.3, -0.25) is 0 Å². The van der Waals surface area contributed by atoms with E-state index < -0.39 is 12.3 Å². The molecule has 0 aliphatic carbocycles. The highest BCUT2D eigenvalue weighted by molar-refractivity contribution is 6.04. The van der Waals surface area contributed by atoms with Crippen LogP contribution in [0.5, 0.6) is 17.2 Å². The van der Waals surface area contributed by atoms with E-state index in [0.717, 1.165) is 0 Å². The molecule has 0 spiro atoms. The third-order valence-electron chi connectivity index (χ3n) is 4.13. The minimum Gasteiger partial charge on any atom is -0.489 e. The fourth-order valence-electron chi connectivity index (χ4n) is 2.96. The molecule has 0 fully saturated rings. The molecule has 0 unspecified atom stereocenters. The molecule has 3 aromatic rings. The third kappa shape index (κ3) is 4.08. The van der Waals surface area contributed by atoms with Crippen molar-refractivity contribution in [1.82, 2.24) is 0 Å². The molecule has 0 aliphatic rings. The molecule has 3 rings (SSSR count). The van der Waals surface area contributed by atoms with Gasteiger partial charge in [-0.2, -0.15) is 0 Å². The van der Waals surface area contributed by atoms with Crippen molar-refractivity contribution in [1.29, 1.82) is 0 Å². The Morgan fingerprint density at radius 2 is 1.24 bits per heavy atom. The smallest absolute Gasteiger partial charge is 0.489 e. The van der Waals surface area contributed by atoms with Gasteiger partial charge in [-0.15, -0.1) is 0 Å². The molecule has 0 radical (unpaired) electrons. The van der Waals surface area contributed by atoms with Gasteiger partial charge in [0, 0.05) is 10.8 Å². The van der Waals surface area contributed by atoms with E-state index >= 15 is 0 Å². The van der Waals surface area contributed by atoms with Crippen molar-refractivity contribution in [2.24, 2.45) is 0 Å². The summed E-state index contributed by atoms with van der Waals surface area (Å²) in [5.41, 5.74) is 1.16. The van der Waals surface area contributed by atoms with Gasteiger partial charge in [-0.1, -0.05) is 54.6 Å². The number of ether oxygens (including phenoxy) is 5. The first kappa shape index (κ1) is 20.0. The molecule has 7 heteroatoms. The third-order valence-corrected chi connectivity index (χ3v) is 4.13. The summed E-state index contributed by atoms with van der Waals surface area (Å²) >= 11 is 0. The Bertz CT molecular complexity index is 1030. The second-order valence-corrected chi connectivity index (χ2v) is 5.82. The molecule has 0 atom stereocenters. The van der Waals surface area contributed by atoms with E-state index in [1.807, 2.05) is 30.3 Å². The Labute approximate surface area is 167 Å². The van der Waals surface area contributed by atoms with Crippen molar-refractivity contribution in [3.63, 3.8) is 0 Å². The number of hydrogen-bond donors (Lipinski definition) is 0. The minimum atomic E-state index is -0.892. The maximum Gasteiger partial charge on any atom is 0.513 e. The molecule has 0 bridgehead atoms. The molecule has 0 aromatic heterocycles. The van der Waals surface area contributed by atoms with Crippen LogP contribution in [0.15, 0.2) is 54.6 Å². The predicted octanol–water partition coefficient (Wildman–Crippen LogP) is 5.20. The van der Waals surface area contributed by atoms with Crippen molar-refractivity contribution >= 4 is 23.1 Å². The first-order valence-corrected chi connectivity index (χ1v) is 8.89. The van der Waals surface area contributed by atoms with Crippen LogP contribution in [0.4, 0.5) is 9.59 Å². The largest absolute Gasteiger partial charge is 0.513 e. The van der Waals surface area contributed by atoms with Crippen LogP contribution in [-0.2, 0) is 9.47 Å². The molecular weight excluding hydrogens is 376 g/mol. The zero-order chi connectivity index (χ0) is 20.8. The lowest BCUT2D eigenvalue weighted by Crippen LogP contribution is -2.12. The van der Waals surface area contributed by atoms with E-state index in [-0.39, 0.29) is 23.9 Å².